The molecule has 2 heterocycles. The molecule has 0 aliphatic rings. The molecule has 0 bridgehead atoms. The Hall–Kier alpha value is -1.82. The van der Waals surface area contributed by atoms with Gasteiger partial charge in [-0.15, -0.1) is 0 Å². The van der Waals surface area contributed by atoms with E-state index in [2.05, 4.69) is 26.2 Å². The second kappa shape index (κ2) is 5.68. The predicted octanol–water partition coefficient (Wildman–Crippen LogP) is 3.09. The molecule has 0 saturated heterocycles. The van der Waals surface area contributed by atoms with E-state index < -0.39 is 0 Å². The number of anilines is 1. The summed E-state index contributed by atoms with van der Waals surface area (Å²) >= 11 is 3.14. The lowest BCUT2D eigenvalue weighted by Gasteiger charge is -2.08. The number of aromatic nitrogens is 1. The topological polar surface area (TPSA) is 64.4 Å². The van der Waals surface area contributed by atoms with Crippen LogP contribution in [0.1, 0.15) is 17.5 Å². The third kappa shape index (κ3) is 2.89. The number of pyridine rings is 1. The summed E-state index contributed by atoms with van der Waals surface area (Å²) in [6.45, 7) is 2.33. The molecule has 2 rings (SSSR count). The molecular weight excluding hydrogens is 300 g/mol. The highest BCUT2D eigenvalue weighted by Crippen LogP contribution is 2.22. The Labute approximate surface area is 112 Å². The van der Waals surface area contributed by atoms with E-state index in [1.54, 1.807) is 30.5 Å². The van der Waals surface area contributed by atoms with E-state index in [9.17, 15) is 4.79 Å². The molecule has 1 amide bonds. The molecule has 0 saturated carbocycles. The Morgan fingerprint density at radius 2 is 2.33 bits per heavy atom. The van der Waals surface area contributed by atoms with Crippen LogP contribution in [0.5, 0.6) is 5.88 Å². The van der Waals surface area contributed by atoms with Gasteiger partial charge in [0.2, 0.25) is 5.88 Å². The molecular formula is C12H11BrN2O3. The fourth-order valence-electron chi connectivity index (χ4n) is 1.36. The number of amides is 1. The fourth-order valence-corrected chi connectivity index (χ4v) is 1.66. The van der Waals surface area contributed by atoms with Crippen molar-refractivity contribution < 1.29 is 13.9 Å². The van der Waals surface area contributed by atoms with Crippen LogP contribution in [0.25, 0.3) is 0 Å². The quantitative estimate of drug-likeness (QED) is 0.942. The molecule has 1 N–H and O–H groups in total. The highest BCUT2D eigenvalue weighted by atomic mass is 79.9. The summed E-state index contributed by atoms with van der Waals surface area (Å²) in [6, 6.07) is 6.67. The molecule has 0 spiro atoms. The van der Waals surface area contributed by atoms with Crippen LogP contribution < -0.4 is 10.1 Å². The van der Waals surface area contributed by atoms with E-state index in [0.29, 0.717) is 22.8 Å². The van der Waals surface area contributed by atoms with Crippen LogP contribution in [0, 0.1) is 0 Å². The van der Waals surface area contributed by atoms with Crippen LogP contribution in [-0.4, -0.2) is 17.5 Å². The van der Waals surface area contributed by atoms with Crippen molar-refractivity contribution in [3.8, 4) is 5.88 Å². The minimum absolute atomic E-state index is 0.216. The first-order valence-corrected chi connectivity index (χ1v) is 6.14. The van der Waals surface area contributed by atoms with Crippen molar-refractivity contribution in [1.29, 1.82) is 0 Å². The van der Waals surface area contributed by atoms with Crippen LogP contribution in [0.4, 0.5) is 5.69 Å². The van der Waals surface area contributed by atoms with Crippen molar-refractivity contribution in [2.75, 3.05) is 11.9 Å². The predicted molar refractivity (Wildman–Crippen MR) is 69.8 cm³/mol. The lowest BCUT2D eigenvalue weighted by Crippen LogP contribution is -2.12. The van der Waals surface area contributed by atoms with Crippen molar-refractivity contribution in [3.05, 3.63) is 40.9 Å². The third-order valence-electron chi connectivity index (χ3n) is 2.10. The molecule has 18 heavy (non-hydrogen) atoms. The molecule has 0 aliphatic heterocycles. The second-order valence-electron chi connectivity index (χ2n) is 3.35. The Bertz CT molecular complexity index is 554. The van der Waals surface area contributed by atoms with E-state index >= 15 is 0 Å². The number of hydrogen-bond acceptors (Lipinski definition) is 4. The van der Waals surface area contributed by atoms with E-state index in [4.69, 9.17) is 9.15 Å². The standard InChI is InChI=1S/C12H11BrN2O3/c1-2-17-12-8(4-3-7-14-12)15-11(16)9-5-6-10(13)18-9/h3-7H,2H2,1H3,(H,15,16). The maximum absolute atomic E-state index is 11.9. The Morgan fingerprint density at radius 3 is 3.00 bits per heavy atom. The van der Waals surface area contributed by atoms with Crippen LogP contribution in [0.15, 0.2) is 39.5 Å². The highest BCUT2D eigenvalue weighted by molar-refractivity contribution is 9.10. The van der Waals surface area contributed by atoms with Gasteiger partial charge in [-0.05, 0) is 47.1 Å². The van der Waals surface area contributed by atoms with Crippen LogP contribution in [0.3, 0.4) is 0 Å². The molecule has 0 aromatic carbocycles. The monoisotopic (exact) mass is 310 g/mol. The molecule has 0 radical (unpaired) electrons. The van der Waals surface area contributed by atoms with Crippen molar-refractivity contribution in [3.63, 3.8) is 0 Å². The summed E-state index contributed by atoms with van der Waals surface area (Å²) in [6.07, 6.45) is 1.60. The Kier molecular flexibility index (Phi) is 3.99. The van der Waals surface area contributed by atoms with Crippen molar-refractivity contribution in [2.45, 2.75) is 6.92 Å². The fraction of sp³-hybridized carbons (Fsp3) is 0.167. The molecule has 0 unspecified atom stereocenters. The summed E-state index contributed by atoms with van der Waals surface area (Å²) in [7, 11) is 0. The number of nitrogens with one attached hydrogen (secondary N) is 1. The maximum Gasteiger partial charge on any atom is 0.291 e. The van der Waals surface area contributed by atoms with Gasteiger partial charge in [-0.3, -0.25) is 4.79 Å². The van der Waals surface area contributed by atoms with Crippen molar-refractivity contribution in [2.24, 2.45) is 0 Å². The zero-order valence-corrected chi connectivity index (χ0v) is 11.2. The largest absolute Gasteiger partial charge is 0.476 e. The van der Waals surface area contributed by atoms with Gasteiger partial charge in [0.15, 0.2) is 10.4 Å². The van der Waals surface area contributed by atoms with Gasteiger partial charge in [0, 0.05) is 6.20 Å². The van der Waals surface area contributed by atoms with E-state index in [0.717, 1.165) is 0 Å². The molecule has 0 fully saturated rings. The average molecular weight is 311 g/mol. The number of rotatable bonds is 4. The SMILES string of the molecule is CCOc1ncccc1NC(=O)c1ccc(Br)o1. The smallest absolute Gasteiger partial charge is 0.291 e. The zero-order valence-electron chi connectivity index (χ0n) is 9.64. The summed E-state index contributed by atoms with van der Waals surface area (Å²) in [5, 5.41) is 2.68. The first-order chi connectivity index (χ1) is 8.70. The number of nitrogens with zero attached hydrogens (tertiary/aromatic N) is 1. The van der Waals surface area contributed by atoms with E-state index in [1.807, 2.05) is 6.92 Å². The highest BCUT2D eigenvalue weighted by Gasteiger charge is 2.13. The summed E-state index contributed by atoms with van der Waals surface area (Å²) in [4.78, 5) is 15.9. The molecule has 6 heteroatoms. The van der Waals surface area contributed by atoms with Gasteiger partial charge in [-0.1, -0.05) is 0 Å². The first-order valence-electron chi connectivity index (χ1n) is 5.35. The minimum Gasteiger partial charge on any atom is -0.476 e. The van der Waals surface area contributed by atoms with E-state index in [1.165, 1.54) is 0 Å². The first kappa shape index (κ1) is 12.6. The molecule has 0 atom stereocenters. The molecule has 0 aliphatic carbocycles. The third-order valence-corrected chi connectivity index (χ3v) is 2.52. The van der Waals surface area contributed by atoms with E-state index in [-0.39, 0.29) is 11.7 Å². The van der Waals surface area contributed by atoms with Gasteiger partial charge in [0.25, 0.3) is 5.91 Å². The van der Waals surface area contributed by atoms with Crippen molar-refractivity contribution in [1.82, 2.24) is 4.98 Å². The number of carbonyl (C=O) groups excluding carboxylic acids is 1. The summed E-state index contributed by atoms with van der Waals surface area (Å²) in [5.41, 5.74) is 0.511. The van der Waals surface area contributed by atoms with Crippen LogP contribution in [0.2, 0.25) is 0 Å². The second-order valence-corrected chi connectivity index (χ2v) is 4.13. The number of ether oxygens (including phenoxy) is 1. The van der Waals surface area contributed by atoms with Gasteiger partial charge < -0.3 is 14.5 Å². The zero-order chi connectivity index (χ0) is 13.0. The number of halogens is 1. The van der Waals surface area contributed by atoms with Gasteiger partial charge in [-0.2, -0.15) is 0 Å². The van der Waals surface area contributed by atoms with Gasteiger partial charge >= 0.3 is 0 Å². The molecule has 2 aromatic heterocycles. The lowest BCUT2D eigenvalue weighted by molar-refractivity contribution is 0.0995. The van der Waals surface area contributed by atoms with Crippen molar-refractivity contribution >= 4 is 27.5 Å². The van der Waals surface area contributed by atoms with Gasteiger partial charge in [0.1, 0.15) is 5.69 Å². The lowest BCUT2D eigenvalue weighted by atomic mass is 10.3. The van der Waals surface area contributed by atoms with Gasteiger partial charge in [0.05, 0.1) is 6.61 Å². The number of carbonyl (C=O) groups is 1. The summed E-state index contributed by atoms with van der Waals surface area (Å²) < 4.78 is 11.0. The maximum atomic E-state index is 11.9. The number of hydrogen-bond donors (Lipinski definition) is 1. The Balaban J connectivity index is 2.16. The number of furan rings is 1. The van der Waals surface area contributed by atoms with Gasteiger partial charge in [-0.25, -0.2) is 4.98 Å². The molecule has 94 valence electrons. The van der Waals surface area contributed by atoms with Crippen LogP contribution in [-0.2, 0) is 0 Å². The molecule has 2 aromatic rings. The average Bonchev–Trinajstić information content (AvgIpc) is 2.79. The normalized spacial score (nSPS) is 10.1. The molecule has 5 nitrogen and oxygen atoms in total. The Morgan fingerprint density at radius 1 is 1.50 bits per heavy atom. The summed E-state index contributed by atoms with van der Waals surface area (Å²) in [5.74, 6) is 0.252. The van der Waals surface area contributed by atoms with Crippen LogP contribution >= 0.6 is 15.9 Å². The minimum atomic E-state index is -0.352.